The molecule has 2 N–H and O–H groups in total. The van der Waals surface area contributed by atoms with Crippen LogP contribution in [0.5, 0.6) is 5.75 Å². The molecule has 120 valence electrons. The molecule has 0 saturated carbocycles. The fourth-order valence-electron chi connectivity index (χ4n) is 2.27. The number of carbonyl (C=O) groups excluding carboxylic acids is 1. The topological polar surface area (TPSA) is 55.6 Å². The van der Waals surface area contributed by atoms with E-state index in [0.29, 0.717) is 19.5 Å². The normalized spacial score (nSPS) is 13.0. The third-order valence-electron chi connectivity index (χ3n) is 3.46. The molecule has 0 heterocycles. The van der Waals surface area contributed by atoms with E-state index in [-0.39, 0.29) is 18.3 Å². The molecule has 0 bridgehead atoms. The Morgan fingerprint density at radius 3 is 2.29 bits per heavy atom. The van der Waals surface area contributed by atoms with E-state index in [2.05, 4.69) is 0 Å². The van der Waals surface area contributed by atoms with Gasteiger partial charge in [0.2, 0.25) is 5.91 Å². The van der Waals surface area contributed by atoms with Gasteiger partial charge in [-0.2, -0.15) is 0 Å². The van der Waals surface area contributed by atoms with Crippen molar-refractivity contribution in [3.8, 4) is 5.75 Å². The highest BCUT2D eigenvalue weighted by molar-refractivity contribution is 5.85. The minimum Gasteiger partial charge on any atom is -0.497 e. The highest BCUT2D eigenvalue weighted by Crippen LogP contribution is 2.17. The van der Waals surface area contributed by atoms with Crippen LogP contribution in [-0.4, -0.2) is 30.0 Å². The van der Waals surface area contributed by atoms with Crippen molar-refractivity contribution in [3.63, 3.8) is 0 Å². The zero-order valence-electron chi connectivity index (χ0n) is 13.4. The van der Waals surface area contributed by atoms with Crippen molar-refractivity contribution in [2.45, 2.75) is 45.7 Å². The highest BCUT2D eigenvalue weighted by atomic mass is 35.5. The Balaban J connectivity index is 0.00000400. The minimum absolute atomic E-state index is 0. The molecule has 1 rings (SSSR count). The van der Waals surface area contributed by atoms with Gasteiger partial charge in [-0.15, -0.1) is 12.4 Å². The minimum atomic E-state index is -0.781. The summed E-state index contributed by atoms with van der Waals surface area (Å²) in [5.74, 6) is 0.829. The second-order valence-corrected chi connectivity index (χ2v) is 5.33. The maximum Gasteiger partial charge on any atom is 0.242 e. The molecule has 1 amide bonds. The standard InChI is InChI=1S/C16H26N2O2.ClH/c1-5-11-16(3,17)15(19)18(6-2)12-13-7-9-14(20-4)10-8-13;/h7-10H,5-6,11-12,17H2,1-4H3;1H. The number of hydrogen-bond acceptors (Lipinski definition) is 3. The van der Waals surface area contributed by atoms with Crippen LogP contribution in [0.4, 0.5) is 0 Å². The fraction of sp³-hybridized carbons (Fsp3) is 0.562. The summed E-state index contributed by atoms with van der Waals surface area (Å²) < 4.78 is 5.13. The van der Waals surface area contributed by atoms with E-state index in [9.17, 15) is 4.79 Å². The van der Waals surface area contributed by atoms with Crippen molar-refractivity contribution in [1.29, 1.82) is 0 Å². The number of hydrogen-bond donors (Lipinski definition) is 1. The lowest BCUT2D eigenvalue weighted by Gasteiger charge is -2.31. The number of carbonyl (C=O) groups is 1. The molecule has 4 nitrogen and oxygen atoms in total. The van der Waals surface area contributed by atoms with Gasteiger partial charge < -0.3 is 15.4 Å². The maximum absolute atomic E-state index is 12.5. The van der Waals surface area contributed by atoms with Crippen LogP contribution in [0.2, 0.25) is 0 Å². The van der Waals surface area contributed by atoms with Gasteiger partial charge in [-0.25, -0.2) is 0 Å². The number of amides is 1. The van der Waals surface area contributed by atoms with E-state index in [1.54, 1.807) is 12.0 Å². The van der Waals surface area contributed by atoms with Gasteiger partial charge in [0.15, 0.2) is 0 Å². The van der Waals surface area contributed by atoms with Gasteiger partial charge in [0.1, 0.15) is 5.75 Å². The molecule has 0 fully saturated rings. The lowest BCUT2D eigenvalue weighted by molar-refractivity contribution is -0.137. The first-order valence-electron chi connectivity index (χ1n) is 7.15. The molecule has 21 heavy (non-hydrogen) atoms. The summed E-state index contributed by atoms with van der Waals surface area (Å²) in [5.41, 5.74) is 6.43. The van der Waals surface area contributed by atoms with Crippen LogP contribution in [0, 0.1) is 0 Å². The monoisotopic (exact) mass is 314 g/mol. The average molecular weight is 315 g/mol. The second kappa shape index (κ2) is 8.90. The number of rotatable bonds is 7. The van der Waals surface area contributed by atoms with E-state index in [4.69, 9.17) is 10.5 Å². The molecule has 0 aliphatic carbocycles. The Bertz CT molecular complexity index is 432. The third-order valence-corrected chi connectivity index (χ3v) is 3.46. The predicted molar refractivity (Wildman–Crippen MR) is 88.8 cm³/mol. The van der Waals surface area contributed by atoms with Crippen LogP contribution in [0.25, 0.3) is 0 Å². The second-order valence-electron chi connectivity index (χ2n) is 5.33. The maximum atomic E-state index is 12.5. The predicted octanol–water partition coefficient (Wildman–Crippen LogP) is 2.98. The summed E-state index contributed by atoms with van der Waals surface area (Å²) in [5, 5.41) is 0. The molecule has 0 saturated heterocycles. The summed E-state index contributed by atoms with van der Waals surface area (Å²) in [6.45, 7) is 7.06. The first-order chi connectivity index (χ1) is 9.44. The summed E-state index contributed by atoms with van der Waals surface area (Å²) in [4.78, 5) is 14.3. The average Bonchev–Trinajstić information content (AvgIpc) is 2.44. The SMILES string of the molecule is CCCC(C)(N)C(=O)N(CC)Cc1ccc(OC)cc1.Cl. The summed E-state index contributed by atoms with van der Waals surface area (Å²) in [6.07, 6.45) is 1.60. The molecule has 0 radical (unpaired) electrons. The van der Waals surface area contributed by atoms with Gasteiger partial charge in [0.25, 0.3) is 0 Å². The molecular formula is C16H27ClN2O2. The molecule has 1 aromatic carbocycles. The van der Waals surface area contributed by atoms with Crippen LogP contribution >= 0.6 is 12.4 Å². The molecule has 0 aliphatic rings. The van der Waals surface area contributed by atoms with Crippen LogP contribution in [0.15, 0.2) is 24.3 Å². The third kappa shape index (κ3) is 5.56. The number of methoxy groups -OCH3 is 1. The quantitative estimate of drug-likeness (QED) is 0.841. The Morgan fingerprint density at radius 1 is 1.29 bits per heavy atom. The summed E-state index contributed by atoms with van der Waals surface area (Å²) >= 11 is 0. The van der Waals surface area contributed by atoms with Crippen molar-refractivity contribution >= 4 is 18.3 Å². The number of ether oxygens (including phenoxy) is 1. The van der Waals surface area contributed by atoms with Gasteiger partial charge in [-0.1, -0.05) is 25.5 Å². The Hall–Kier alpha value is -1.26. The Morgan fingerprint density at radius 2 is 1.86 bits per heavy atom. The highest BCUT2D eigenvalue weighted by Gasteiger charge is 2.31. The zero-order chi connectivity index (χ0) is 15.2. The molecule has 5 heteroatoms. The Kier molecular flexibility index (Phi) is 8.37. The van der Waals surface area contributed by atoms with Crippen LogP contribution in [-0.2, 0) is 11.3 Å². The molecule has 1 atom stereocenters. The van der Waals surface area contributed by atoms with E-state index < -0.39 is 5.54 Å². The van der Waals surface area contributed by atoms with Gasteiger partial charge in [-0.3, -0.25) is 4.79 Å². The number of halogens is 1. The molecule has 0 spiro atoms. The molecule has 1 aromatic rings. The first kappa shape index (κ1) is 19.7. The van der Waals surface area contributed by atoms with E-state index >= 15 is 0 Å². The van der Waals surface area contributed by atoms with E-state index in [1.165, 1.54) is 0 Å². The lowest BCUT2D eigenvalue weighted by atomic mass is 9.95. The van der Waals surface area contributed by atoms with Crippen molar-refractivity contribution in [2.24, 2.45) is 5.73 Å². The van der Waals surface area contributed by atoms with Crippen molar-refractivity contribution < 1.29 is 9.53 Å². The lowest BCUT2D eigenvalue weighted by Crippen LogP contribution is -2.52. The summed E-state index contributed by atoms with van der Waals surface area (Å²) in [7, 11) is 1.64. The number of likely N-dealkylation sites (N-methyl/N-ethyl adjacent to an activating group) is 1. The van der Waals surface area contributed by atoms with Crippen LogP contribution < -0.4 is 10.5 Å². The van der Waals surface area contributed by atoms with Crippen molar-refractivity contribution in [1.82, 2.24) is 4.90 Å². The molecule has 0 aliphatic heterocycles. The van der Waals surface area contributed by atoms with E-state index in [0.717, 1.165) is 17.7 Å². The molecule has 1 unspecified atom stereocenters. The number of nitrogens with zero attached hydrogens (tertiary/aromatic N) is 1. The van der Waals surface area contributed by atoms with E-state index in [1.807, 2.05) is 45.0 Å². The fourth-order valence-corrected chi connectivity index (χ4v) is 2.27. The van der Waals surface area contributed by atoms with Gasteiger partial charge in [0.05, 0.1) is 12.6 Å². The van der Waals surface area contributed by atoms with Gasteiger partial charge >= 0.3 is 0 Å². The smallest absolute Gasteiger partial charge is 0.242 e. The van der Waals surface area contributed by atoms with Gasteiger partial charge in [-0.05, 0) is 38.0 Å². The number of benzene rings is 1. The molecule has 0 aromatic heterocycles. The Labute approximate surface area is 134 Å². The van der Waals surface area contributed by atoms with Crippen molar-refractivity contribution in [3.05, 3.63) is 29.8 Å². The van der Waals surface area contributed by atoms with Gasteiger partial charge in [0, 0.05) is 13.1 Å². The largest absolute Gasteiger partial charge is 0.497 e. The van der Waals surface area contributed by atoms with Crippen molar-refractivity contribution in [2.75, 3.05) is 13.7 Å². The molecular weight excluding hydrogens is 288 g/mol. The first-order valence-corrected chi connectivity index (χ1v) is 7.15. The van der Waals surface area contributed by atoms with Crippen LogP contribution in [0.3, 0.4) is 0 Å². The summed E-state index contributed by atoms with van der Waals surface area (Å²) in [6, 6.07) is 7.76. The van der Waals surface area contributed by atoms with Crippen LogP contribution in [0.1, 0.15) is 39.2 Å². The number of nitrogens with two attached hydrogens (primary N) is 1. The zero-order valence-corrected chi connectivity index (χ0v) is 14.2.